The zero-order valence-electron chi connectivity index (χ0n) is 8.10. The third-order valence-corrected chi connectivity index (χ3v) is 1.86. The first kappa shape index (κ1) is 10.4. The number of aliphatic carboxylic acids is 1. The van der Waals surface area contributed by atoms with Crippen LogP contribution in [-0.2, 0) is 4.79 Å². The Morgan fingerprint density at radius 2 is 2.36 bits per heavy atom. The molecule has 0 aliphatic carbocycles. The summed E-state index contributed by atoms with van der Waals surface area (Å²) in [7, 11) is 1.51. The highest BCUT2D eigenvalue weighted by Crippen LogP contribution is 2.18. The Hall–Kier alpha value is -1.65. The van der Waals surface area contributed by atoms with Gasteiger partial charge in [0.05, 0.1) is 19.2 Å². The Labute approximate surface area is 81.8 Å². The Kier molecular flexibility index (Phi) is 3.39. The molecule has 0 spiro atoms. The second-order valence-corrected chi connectivity index (χ2v) is 2.98. The average molecular weight is 196 g/mol. The first-order valence-corrected chi connectivity index (χ1v) is 4.21. The summed E-state index contributed by atoms with van der Waals surface area (Å²) in [5, 5.41) is 8.60. The van der Waals surface area contributed by atoms with E-state index < -0.39 is 5.97 Å². The first-order chi connectivity index (χ1) is 6.63. The van der Waals surface area contributed by atoms with Gasteiger partial charge in [-0.05, 0) is 0 Å². The topological polar surface area (TPSA) is 72.3 Å². The summed E-state index contributed by atoms with van der Waals surface area (Å²) < 4.78 is 4.91. The fourth-order valence-electron chi connectivity index (χ4n) is 1.10. The molecule has 0 aromatic carbocycles. The maximum Gasteiger partial charge on any atom is 0.304 e. The fraction of sp³-hybridized carbons (Fsp3) is 0.444. The Balaban J connectivity index is 2.78. The van der Waals surface area contributed by atoms with Gasteiger partial charge in [0.2, 0.25) is 5.88 Å². The Morgan fingerprint density at radius 1 is 1.64 bits per heavy atom. The van der Waals surface area contributed by atoms with Crippen LogP contribution in [0.5, 0.6) is 5.88 Å². The van der Waals surface area contributed by atoms with Crippen LogP contribution in [0.1, 0.15) is 25.0 Å². The van der Waals surface area contributed by atoms with Gasteiger partial charge < -0.3 is 9.84 Å². The Bertz CT molecular complexity index is 328. The highest BCUT2D eigenvalue weighted by atomic mass is 16.5. The van der Waals surface area contributed by atoms with Crippen LogP contribution >= 0.6 is 0 Å². The number of ether oxygens (including phenoxy) is 1. The number of carboxylic acid groups (broad SMARTS) is 1. The SMILES string of the molecule is COc1cc(C(C)CC(=O)O)ncn1. The summed E-state index contributed by atoms with van der Waals surface area (Å²) in [4.78, 5) is 18.3. The van der Waals surface area contributed by atoms with E-state index in [0.29, 0.717) is 11.6 Å². The molecule has 5 heteroatoms. The van der Waals surface area contributed by atoms with Crippen molar-refractivity contribution in [3.8, 4) is 5.88 Å². The zero-order valence-corrected chi connectivity index (χ0v) is 8.10. The summed E-state index contributed by atoms with van der Waals surface area (Å²) in [6.45, 7) is 1.80. The molecule has 5 nitrogen and oxygen atoms in total. The lowest BCUT2D eigenvalue weighted by atomic mass is 10.0. The van der Waals surface area contributed by atoms with Gasteiger partial charge in [-0.3, -0.25) is 4.79 Å². The van der Waals surface area contributed by atoms with Gasteiger partial charge in [0.25, 0.3) is 0 Å². The zero-order chi connectivity index (χ0) is 10.6. The summed E-state index contributed by atoms with van der Waals surface area (Å²) >= 11 is 0. The van der Waals surface area contributed by atoms with Crippen molar-refractivity contribution < 1.29 is 14.6 Å². The third-order valence-electron chi connectivity index (χ3n) is 1.86. The van der Waals surface area contributed by atoms with Gasteiger partial charge in [0.1, 0.15) is 6.33 Å². The maximum atomic E-state index is 10.5. The van der Waals surface area contributed by atoms with Gasteiger partial charge in [0, 0.05) is 12.0 Å². The number of carbonyl (C=O) groups is 1. The lowest BCUT2D eigenvalue weighted by Gasteiger charge is -2.08. The number of methoxy groups -OCH3 is 1. The number of aromatic nitrogens is 2. The molecule has 1 aromatic heterocycles. The van der Waals surface area contributed by atoms with E-state index in [-0.39, 0.29) is 12.3 Å². The van der Waals surface area contributed by atoms with Crippen molar-refractivity contribution in [1.82, 2.24) is 9.97 Å². The van der Waals surface area contributed by atoms with Gasteiger partial charge in [-0.1, -0.05) is 6.92 Å². The van der Waals surface area contributed by atoms with Crippen molar-refractivity contribution >= 4 is 5.97 Å². The van der Waals surface area contributed by atoms with Crippen LogP contribution in [-0.4, -0.2) is 28.2 Å². The molecule has 0 aliphatic rings. The molecule has 76 valence electrons. The molecule has 0 aliphatic heterocycles. The molecule has 0 saturated carbocycles. The molecule has 1 aromatic rings. The van der Waals surface area contributed by atoms with Crippen molar-refractivity contribution in [1.29, 1.82) is 0 Å². The number of rotatable bonds is 4. The minimum absolute atomic E-state index is 0.0557. The van der Waals surface area contributed by atoms with Crippen LogP contribution in [0, 0.1) is 0 Å². The summed E-state index contributed by atoms with van der Waals surface area (Å²) in [5.41, 5.74) is 0.680. The monoisotopic (exact) mass is 196 g/mol. The third kappa shape index (κ3) is 2.69. The lowest BCUT2D eigenvalue weighted by molar-refractivity contribution is -0.137. The summed E-state index contributed by atoms with van der Waals surface area (Å²) in [6, 6.07) is 1.65. The van der Waals surface area contributed by atoms with Crippen LogP contribution in [0.3, 0.4) is 0 Å². The summed E-state index contributed by atoms with van der Waals surface area (Å²) in [5.74, 6) is -0.522. The molecule has 0 saturated heterocycles. The molecule has 0 amide bonds. The van der Waals surface area contributed by atoms with Crippen LogP contribution in [0.15, 0.2) is 12.4 Å². The van der Waals surface area contributed by atoms with Crippen LogP contribution in [0.4, 0.5) is 0 Å². The lowest BCUT2D eigenvalue weighted by Crippen LogP contribution is -2.05. The molecule has 0 bridgehead atoms. The number of nitrogens with zero attached hydrogens (tertiary/aromatic N) is 2. The highest BCUT2D eigenvalue weighted by molar-refractivity contribution is 5.67. The van der Waals surface area contributed by atoms with E-state index in [4.69, 9.17) is 9.84 Å². The van der Waals surface area contributed by atoms with Crippen molar-refractivity contribution in [2.24, 2.45) is 0 Å². The molecule has 1 unspecified atom stereocenters. The smallest absolute Gasteiger partial charge is 0.304 e. The standard InChI is InChI=1S/C9H12N2O3/c1-6(3-9(12)13)7-4-8(14-2)11-5-10-7/h4-6H,3H2,1-2H3,(H,12,13). The number of hydrogen-bond acceptors (Lipinski definition) is 4. The van der Waals surface area contributed by atoms with Crippen molar-refractivity contribution in [2.45, 2.75) is 19.3 Å². The average Bonchev–Trinajstić information content (AvgIpc) is 2.17. The van der Waals surface area contributed by atoms with E-state index in [1.807, 2.05) is 0 Å². The van der Waals surface area contributed by atoms with Gasteiger partial charge in [-0.15, -0.1) is 0 Å². The molecular formula is C9H12N2O3. The summed E-state index contributed by atoms with van der Waals surface area (Å²) in [6.07, 6.45) is 1.42. The second-order valence-electron chi connectivity index (χ2n) is 2.98. The van der Waals surface area contributed by atoms with E-state index >= 15 is 0 Å². The molecule has 0 fully saturated rings. The molecule has 0 radical (unpaired) electrons. The van der Waals surface area contributed by atoms with Gasteiger partial charge >= 0.3 is 5.97 Å². The van der Waals surface area contributed by atoms with E-state index in [0.717, 1.165) is 0 Å². The largest absolute Gasteiger partial charge is 0.481 e. The normalized spacial score (nSPS) is 12.1. The minimum Gasteiger partial charge on any atom is -0.481 e. The van der Waals surface area contributed by atoms with E-state index in [1.54, 1.807) is 13.0 Å². The predicted octanol–water partition coefficient (Wildman–Crippen LogP) is 1.06. The van der Waals surface area contributed by atoms with Crippen LogP contribution in [0.25, 0.3) is 0 Å². The van der Waals surface area contributed by atoms with Gasteiger partial charge in [-0.25, -0.2) is 9.97 Å². The predicted molar refractivity (Wildman–Crippen MR) is 49.3 cm³/mol. The quantitative estimate of drug-likeness (QED) is 0.779. The van der Waals surface area contributed by atoms with E-state index in [9.17, 15) is 4.79 Å². The van der Waals surface area contributed by atoms with Crippen molar-refractivity contribution in [3.05, 3.63) is 18.1 Å². The van der Waals surface area contributed by atoms with E-state index in [1.165, 1.54) is 13.4 Å². The fourth-order valence-corrected chi connectivity index (χ4v) is 1.10. The molecule has 1 atom stereocenters. The molecular weight excluding hydrogens is 184 g/mol. The second kappa shape index (κ2) is 4.55. The molecule has 14 heavy (non-hydrogen) atoms. The maximum absolute atomic E-state index is 10.5. The molecule has 1 N–H and O–H groups in total. The van der Waals surface area contributed by atoms with Crippen molar-refractivity contribution in [3.63, 3.8) is 0 Å². The Morgan fingerprint density at radius 3 is 2.93 bits per heavy atom. The first-order valence-electron chi connectivity index (χ1n) is 4.21. The molecule has 1 rings (SSSR count). The van der Waals surface area contributed by atoms with Gasteiger partial charge in [0.15, 0.2) is 0 Å². The van der Waals surface area contributed by atoms with Gasteiger partial charge in [-0.2, -0.15) is 0 Å². The number of carboxylic acids is 1. The molecule has 1 heterocycles. The van der Waals surface area contributed by atoms with Crippen molar-refractivity contribution in [2.75, 3.05) is 7.11 Å². The highest BCUT2D eigenvalue weighted by Gasteiger charge is 2.12. The number of hydrogen-bond donors (Lipinski definition) is 1. The van der Waals surface area contributed by atoms with Crippen LogP contribution in [0.2, 0.25) is 0 Å². The van der Waals surface area contributed by atoms with Crippen LogP contribution < -0.4 is 4.74 Å². The minimum atomic E-state index is -0.838. The van der Waals surface area contributed by atoms with E-state index in [2.05, 4.69) is 9.97 Å².